The maximum absolute atomic E-state index is 12.5. The molecule has 0 aromatic heterocycles. The molecule has 2 bridgehead atoms. The van der Waals surface area contributed by atoms with Gasteiger partial charge in [0, 0.05) is 23.4 Å². The number of fused-ring (bicyclic) bond motifs is 2. The first-order chi connectivity index (χ1) is 10.2. The monoisotopic (exact) mass is 285 g/mol. The van der Waals surface area contributed by atoms with Crippen molar-refractivity contribution in [1.29, 1.82) is 0 Å². The molecule has 1 aromatic rings. The summed E-state index contributed by atoms with van der Waals surface area (Å²) < 4.78 is 0. The standard InChI is InChI=1S/C18H23NO2/c1-2-12-5-3-8-16(9-12)19-18(21)15-10-13-6-4-7-14(11-15)17(13)20/h3,5,8-9,13-15H,2,4,6-7,10-11H2,1H3,(H,19,21)/t13-,14-/m0/s1. The van der Waals surface area contributed by atoms with E-state index in [4.69, 9.17) is 0 Å². The van der Waals surface area contributed by atoms with Crippen LogP contribution in [0.2, 0.25) is 0 Å². The van der Waals surface area contributed by atoms with Crippen molar-refractivity contribution in [2.45, 2.75) is 45.4 Å². The molecule has 0 spiro atoms. The molecule has 2 fully saturated rings. The zero-order valence-corrected chi connectivity index (χ0v) is 12.6. The number of Topliss-reactive ketones (excluding diaryl/α,β-unsaturated/α-hetero) is 1. The van der Waals surface area contributed by atoms with Crippen molar-refractivity contribution >= 4 is 17.4 Å². The van der Waals surface area contributed by atoms with Crippen LogP contribution >= 0.6 is 0 Å². The number of amides is 1. The van der Waals surface area contributed by atoms with Gasteiger partial charge in [-0.05, 0) is 49.8 Å². The molecule has 0 aliphatic heterocycles. The summed E-state index contributed by atoms with van der Waals surface area (Å²) in [5, 5.41) is 3.04. The molecule has 1 N–H and O–H groups in total. The van der Waals surface area contributed by atoms with Crippen molar-refractivity contribution in [1.82, 2.24) is 0 Å². The van der Waals surface area contributed by atoms with Crippen LogP contribution in [0.25, 0.3) is 0 Å². The van der Waals surface area contributed by atoms with Gasteiger partial charge < -0.3 is 5.32 Å². The Hall–Kier alpha value is -1.64. The Morgan fingerprint density at radius 1 is 1.24 bits per heavy atom. The third kappa shape index (κ3) is 3.02. The van der Waals surface area contributed by atoms with Crippen molar-refractivity contribution in [3.63, 3.8) is 0 Å². The molecule has 112 valence electrons. The minimum absolute atomic E-state index is 0.00304. The second kappa shape index (κ2) is 6.00. The van der Waals surface area contributed by atoms with Gasteiger partial charge in [0.1, 0.15) is 5.78 Å². The van der Waals surface area contributed by atoms with E-state index >= 15 is 0 Å². The van der Waals surface area contributed by atoms with E-state index in [0.29, 0.717) is 5.78 Å². The number of carbonyl (C=O) groups excluding carboxylic acids is 2. The number of benzene rings is 1. The van der Waals surface area contributed by atoms with Gasteiger partial charge in [0.15, 0.2) is 0 Å². The van der Waals surface area contributed by atoms with Crippen LogP contribution in [0.5, 0.6) is 0 Å². The van der Waals surface area contributed by atoms with Crippen molar-refractivity contribution in [3.05, 3.63) is 29.8 Å². The van der Waals surface area contributed by atoms with Crippen LogP contribution in [-0.4, -0.2) is 11.7 Å². The van der Waals surface area contributed by atoms with Crippen LogP contribution in [0.3, 0.4) is 0 Å². The maximum atomic E-state index is 12.5. The number of rotatable bonds is 3. The van der Waals surface area contributed by atoms with Gasteiger partial charge in [0.2, 0.25) is 5.91 Å². The number of nitrogens with one attached hydrogen (secondary N) is 1. The van der Waals surface area contributed by atoms with Gasteiger partial charge in [-0.1, -0.05) is 25.5 Å². The van der Waals surface area contributed by atoms with Crippen molar-refractivity contribution in [3.8, 4) is 0 Å². The molecule has 2 saturated carbocycles. The van der Waals surface area contributed by atoms with Gasteiger partial charge in [-0.2, -0.15) is 0 Å². The first-order valence-electron chi connectivity index (χ1n) is 8.11. The molecule has 1 aromatic carbocycles. The molecular formula is C18H23NO2. The third-order valence-corrected chi connectivity index (χ3v) is 5.02. The zero-order chi connectivity index (χ0) is 14.8. The molecule has 0 unspecified atom stereocenters. The average Bonchev–Trinajstić information content (AvgIpc) is 2.47. The largest absolute Gasteiger partial charge is 0.326 e. The molecule has 2 aliphatic carbocycles. The van der Waals surface area contributed by atoms with E-state index in [0.717, 1.165) is 44.2 Å². The zero-order valence-electron chi connectivity index (χ0n) is 12.6. The predicted octanol–water partition coefficient (Wildman–Crippen LogP) is 3.58. The summed E-state index contributed by atoms with van der Waals surface area (Å²) >= 11 is 0. The number of hydrogen-bond acceptors (Lipinski definition) is 2. The van der Waals surface area contributed by atoms with Gasteiger partial charge in [-0.3, -0.25) is 9.59 Å². The summed E-state index contributed by atoms with van der Waals surface area (Å²) in [4.78, 5) is 24.6. The first kappa shape index (κ1) is 14.3. The van der Waals surface area contributed by atoms with Crippen molar-refractivity contribution < 1.29 is 9.59 Å². The fourth-order valence-corrected chi connectivity index (χ4v) is 3.81. The van der Waals surface area contributed by atoms with E-state index in [-0.39, 0.29) is 23.7 Å². The minimum Gasteiger partial charge on any atom is -0.326 e. The first-order valence-corrected chi connectivity index (χ1v) is 8.11. The number of ketones is 1. The van der Waals surface area contributed by atoms with Crippen molar-refractivity contribution in [2.24, 2.45) is 17.8 Å². The highest BCUT2D eigenvalue weighted by Gasteiger charge is 2.41. The van der Waals surface area contributed by atoms with E-state index in [1.54, 1.807) is 0 Å². The summed E-state index contributed by atoms with van der Waals surface area (Å²) in [6.07, 6.45) is 5.55. The SMILES string of the molecule is CCc1cccc(NC(=O)C2C[C@@H]3CCC[C@@H](C2)C3=O)c1. The van der Waals surface area contributed by atoms with Crippen LogP contribution in [0.15, 0.2) is 24.3 Å². The normalized spacial score (nSPS) is 28.2. The molecule has 0 radical (unpaired) electrons. The van der Waals surface area contributed by atoms with Crippen LogP contribution in [0, 0.1) is 17.8 Å². The summed E-state index contributed by atoms with van der Waals surface area (Å²) in [5.74, 6) is 0.777. The summed E-state index contributed by atoms with van der Waals surface area (Å²) in [7, 11) is 0. The van der Waals surface area contributed by atoms with E-state index < -0.39 is 0 Å². The number of hydrogen-bond donors (Lipinski definition) is 1. The Morgan fingerprint density at radius 2 is 1.95 bits per heavy atom. The molecule has 1 amide bonds. The van der Waals surface area contributed by atoms with Crippen LogP contribution in [-0.2, 0) is 16.0 Å². The van der Waals surface area contributed by atoms with Crippen molar-refractivity contribution in [2.75, 3.05) is 5.32 Å². The van der Waals surface area contributed by atoms with Crippen LogP contribution in [0.4, 0.5) is 5.69 Å². The lowest BCUT2D eigenvalue weighted by molar-refractivity contribution is -0.136. The van der Waals surface area contributed by atoms with Gasteiger partial charge >= 0.3 is 0 Å². The molecule has 0 saturated heterocycles. The Balaban J connectivity index is 1.67. The van der Waals surface area contributed by atoms with Crippen LogP contribution in [0.1, 0.15) is 44.6 Å². The maximum Gasteiger partial charge on any atom is 0.227 e. The molecule has 3 nitrogen and oxygen atoms in total. The van der Waals surface area contributed by atoms with Gasteiger partial charge in [-0.15, -0.1) is 0 Å². The molecule has 2 atom stereocenters. The Labute approximate surface area is 126 Å². The molecule has 3 heteroatoms. The number of carbonyl (C=O) groups is 2. The van der Waals surface area contributed by atoms with E-state index in [1.165, 1.54) is 5.56 Å². The lowest BCUT2D eigenvalue weighted by atomic mass is 9.67. The Bertz CT molecular complexity index is 536. The average molecular weight is 285 g/mol. The topological polar surface area (TPSA) is 46.2 Å². The highest BCUT2D eigenvalue weighted by atomic mass is 16.2. The van der Waals surface area contributed by atoms with E-state index in [2.05, 4.69) is 18.3 Å². The summed E-state index contributed by atoms with van der Waals surface area (Å²) in [6.45, 7) is 2.11. The lowest BCUT2D eigenvalue weighted by Crippen LogP contribution is -2.40. The molecule has 3 rings (SSSR count). The van der Waals surface area contributed by atoms with E-state index in [9.17, 15) is 9.59 Å². The van der Waals surface area contributed by atoms with Gasteiger partial charge in [-0.25, -0.2) is 0 Å². The second-order valence-corrected chi connectivity index (χ2v) is 6.44. The summed E-state index contributed by atoms with van der Waals surface area (Å²) in [5.41, 5.74) is 2.10. The lowest BCUT2D eigenvalue weighted by Gasteiger charge is -2.36. The second-order valence-electron chi connectivity index (χ2n) is 6.44. The number of anilines is 1. The minimum atomic E-state index is 0.00304. The fourth-order valence-electron chi connectivity index (χ4n) is 3.81. The quantitative estimate of drug-likeness (QED) is 0.922. The highest BCUT2D eigenvalue weighted by Crippen LogP contribution is 2.40. The van der Waals surface area contributed by atoms with E-state index in [1.807, 2.05) is 18.2 Å². The fraction of sp³-hybridized carbons (Fsp3) is 0.556. The Morgan fingerprint density at radius 3 is 2.62 bits per heavy atom. The molecular weight excluding hydrogens is 262 g/mol. The predicted molar refractivity (Wildman–Crippen MR) is 83.0 cm³/mol. The molecule has 21 heavy (non-hydrogen) atoms. The van der Waals surface area contributed by atoms with Gasteiger partial charge in [0.25, 0.3) is 0 Å². The van der Waals surface area contributed by atoms with Crippen LogP contribution < -0.4 is 5.32 Å². The smallest absolute Gasteiger partial charge is 0.227 e. The highest BCUT2D eigenvalue weighted by molar-refractivity contribution is 5.95. The summed E-state index contributed by atoms with van der Waals surface area (Å²) in [6, 6.07) is 8.02. The third-order valence-electron chi connectivity index (χ3n) is 5.02. The molecule has 0 heterocycles. The Kier molecular flexibility index (Phi) is 4.09. The number of aryl methyl sites for hydroxylation is 1. The molecule has 2 aliphatic rings. The van der Waals surface area contributed by atoms with Gasteiger partial charge in [0.05, 0.1) is 0 Å².